The van der Waals surface area contributed by atoms with Gasteiger partial charge in [0, 0.05) is 15.3 Å². The van der Waals surface area contributed by atoms with Gasteiger partial charge in [0.25, 0.3) is 0 Å². The lowest BCUT2D eigenvalue weighted by atomic mass is 9.90. The summed E-state index contributed by atoms with van der Waals surface area (Å²) in [6.45, 7) is 4.19. The summed E-state index contributed by atoms with van der Waals surface area (Å²) in [5.41, 5.74) is 6.98. The van der Waals surface area contributed by atoms with Crippen molar-refractivity contribution < 1.29 is 4.39 Å². The van der Waals surface area contributed by atoms with Gasteiger partial charge in [0.05, 0.1) is 0 Å². The number of thiophene rings is 1. The molecule has 1 atom stereocenters. The molecule has 0 aliphatic carbocycles. The molecule has 0 aliphatic rings. The van der Waals surface area contributed by atoms with Crippen molar-refractivity contribution in [3.8, 4) is 0 Å². The molecule has 3 heteroatoms. The van der Waals surface area contributed by atoms with Crippen molar-refractivity contribution in [3.63, 3.8) is 0 Å². The van der Waals surface area contributed by atoms with Crippen molar-refractivity contribution in [3.05, 3.63) is 57.5 Å². The third kappa shape index (κ3) is 4.15. The summed E-state index contributed by atoms with van der Waals surface area (Å²) < 4.78 is 13.2. The first kappa shape index (κ1) is 14.2. The molecule has 1 aromatic heterocycles. The fourth-order valence-corrected chi connectivity index (χ4v) is 3.44. The zero-order valence-electron chi connectivity index (χ0n) is 11.4. The minimum absolute atomic E-state index is 0.197. The first-order valence-corrected chi connectivity index (χ1v) is 7.41. The van der Waals surface area contributed by atoms with Crippen molar-refractivity contribution in [2.75, 3.05) is 0 Å². The van der Waals surface area contributed by atoms with Crippen LogP contribution >= 0.6 is 11.3 Å². The zero-order valence-corrected chi connectivity index (χ0v) is 12.3. The molecule has 0 radical (unpaired) electrons. The molecular formula is C16H20FNS. The van der Waals surface area contributed by atoms with E-state index in [1.807, 2.05) is 24.3 Å². The molecule has 0 saturated carbocycles. The van der Waals surface area contributed by atoms with Crippen LogP contribution in [0.1, 0.15) is 29.2 Å². The summed E-state index contributed by atoms with van der Waals surface area (Å²) in [5, 5.41) is 0. The van der Waals surface area contributed by atoms with E-state index in [0.717, 1.165) is 18.4 Å². The number of aryl methyl sites for hydroxylation is 1. The number of benzene rings is 1. The van der Waals surface area contributed by atoms with E-state index in [9.17, 15) is 4.39 Å². The standard InChI is InChI=1S/C16H20FNS/c1-3-14-7-8-15(19-14)11-16(2,18)10-12-5-4-6-13(17)9-12/h4-9H,3,10-11,18H2,1-2H3. The van der Waals surface area contributed by atoms with Gasteiger partial charge >= 0.3 is 0 Å². The quantitative estimate of drug-likeness (QED) is 0.880. The molecule has 0 amide bonds. The molecular weight excluding hydrogens is 257 g/mol. The third-order valence-electron chi connectivity index (χ3n) is 3.14. The van der Waals surface area contributed by atoms with Crippen LogP contribution in [-0.4, -0.2) is 5.54 Å². The van der Waals surface area contributed by atoms with Crippen molar-refractivity contribution in [1.82, 2.24) is 0 Å². The molecule has 102 valence electrons. The molecule has 1 heterocycles. The predicted octanol–water partition coefficient (Wildman–Crippen LogP) is 3.95. The second kappa shape index (κ2) is 5.85. The summed E-state index contributed by atoms with van der Waals surface area (Å²) in [5.74, 6) is -0.197. The highest BCUT2D eigenvalue weighted by atomic mass is 32.1. The van der Waals surface area contributed by atoms with Crippen LogP contribution in [-0.2, 0) is 19.3 Å². The SMILES string of the molecule is CCc1ccc(CC(C)(N)Cc2cccc(F)c2)s1. The van der Waals surface area contributed by atoms with Crippen molar-refractivity contribution in [1.29, 1.82) is 0 Å². The Bertz CT molecular complexity index is 545. The highest BCUT2D eigenvalue weighted by molar-refractivity contribution is 7.12. The van der Waals surface area contributed by atoms with Gasteiger partial charge in [-0.1, -0.05) is 19.1 Å². The Balaban J connectivity index is 2.05. The second-order valence-electron chi connectivity index (χ2n) is 5.36. The van der Waals surface area contributed by atoms with Gasteiger partial charge in [0.15, 0.2) is 0 Å². The van der Waals surface area contributed by atoms with Gasteiger partial charge in [0.1, 0.15) is 5.82 Å². The molecule has 1 aromatic carbocycles. The van der Waals surface area contributed by atoms with Crippen LogP contribution in [0.5, 0.6) is 0 Å². The van der Waals surface area contributed by atoms with E-state index >= 15 is 0 Å². The maximum Gasteiger partial charge on any atom is 0.123 e. The van der Waals surface area contributed by atoms with Crippen LogP contribution in [0.4, 0.5) is 4.39 Å². The van der Waals surface area contributed by atoms with Gasteiger partial charge in [0.2, 0.25) is 0 Å². The van der Waals surface area contributed by atoms with Crippen LogP contribution in [0.3, 0.4) is 0 Å². The summed E-state index contributed by atoms with van der Waals surface area (Å²) in [4.78, 5) is 2.69. The monoisotopic (exact) mass is 277 g/mol. The number of rotatable bonds is 5. The van der Waals surface area contributed by atoms with E-state index in [-0.39, 0.29) is 11.4 Å². The van der Waals surface area contributed by atoms with Crippen LogP contribution in [0.2, 0.25) is 0 Å². The first-order chi connectivity index (χ1) is 8.98. The van der Waals surface area contributed by atoms with Crippen LogP contribution in [0.25, 0.3) is 0 Å². The third-order valence-corrected chi connectivity index (χ3v) is 4.37. The number of hydrogen-bond donors (Lipinski definition) is 1. The van der Waals surface area contributed by atoms with E-state index in [1.165, 1.54) is 15.8 Å². The molecule has 2 aromatic rings. The number of nitrogens with two attached hydrogens (primary N) is 1. The van der Waals surface area contributed by atoms with Crippen LogP contribution < -0.4 is 5.73 Å². The molecule has 2 rings (SSSR count). The van der Waals surface area contributed by atoms with E-state index in [1.54, 1.807) is 12.1 Å². The van der Waals surface area contributed by atoms with Crippen molar-refractivity contribution in [2.24, 2.45) is 5.73 Å². The Morgan fingerprint density at radius 1 is 1.16 bits per heavy atom. The lowest BCUT2D eigenvalue weighted by molar-refractivity contribution is 0.465. The summed E-state index contributed by atoms with van der Waals surface area (Å²) >= 11 is 1.82. The molecule has 0 spiro atoms. The fourth-order valence-electron chi connectivity index (χ4n) is 2.28. The van der Waals surface area contributed by atoms with E-state index < -0.39 is 0 Å². The van der Waals surface area contributed by atoms with Gasteiger partial charge in [-0.3, -0.25) is 0 Å². The molecule has 2 N–H and O–H groups in total. The second-order valence-corrected chi connectivity index (χ2v) is 6.61. The molecule has 1 unspecified atom stereocenters. The van der Waals surface area contributed by atoms with Crippen molar-refractivity contribution in [2.45, 2.75) is 38.6 Å². The summed E-state index contributed by atoms with van der Waals surface area (Å²) in [7, 11) is 0. The minimum Gasteiger partial charge on any atom is -0.325 e. The van der Waals surface area contributed by atoms with E-state index in [0.29, 0.717) is 6.42 Å². The molecule has 19 heavy (non-hydrogen) atoms. The Hall–Kier alpha value is -1.19. The predicted molar refractivity (Wildman–Crippen MR) is 80.1 cm³/mol. The van der Waals surface area contributed by atoms with Crippen LogP contribution in [0, 0.1) is 5.82 Å². The zero-order chi connectivity index (χ0) is 13.9. The molecule has 1 nitrogen and oxygen atoms in total. The Labute approximate surface area is 118 Å². The Morgan fingerprint density at radius 2 is 1.89 bits per heavy atom. The normalized spacial score (nSPS) is 14.3. The maximum absolute atomic E-state index is 13.2. The van der Waals surface area contributed by atoms with E-state index in [4.69, 9.17) is 5.73 Å². The van der Waals surface area contributed by atoms with Crippen LogP contribution in [0.15, 0.2) is 36.4 Å². The molecule has 0 bridgehead atoms. The first-order valence-electron chi connectivity index (χ1n) is 6.59. The highest BCUT2D eigenvalue weighted by Gasteiger charge is 2.20. The lowest BCUT2D eigenvalue weighted by Crippen LogP contribution is -2.40. The molecule has 0 fully saturated rings. The fraction of sp³-hybridized carbons (Fsp3) is 0.375. The summed E-state index contributed by atoms with van der Waals surface area (Å²) in [6, 6.07) is 11.0. The van der Waals surface area contributed by atoms with E-state index in [2.05, 4.69) is 19.1 Å². The Morgan fingerprint density at radius 3 is 2.53 bits per heavy atom. The summed E-state index contributed by atoms with van der Waals surface area (Å²) in [6.07, 6.45) is 2.58. The maximum atomic E-state index is 13.2. The number of hydrogen-bond acceptors (Lipinski definition) is 2. The van der Waals surface area contributed by atoms with Crippen molar-refractivity contribution >= 4 is 11.3 Å². The van der Waals surface area contributed by atoms with Gasteiger partial charge in [-0.25, -0.2) is 4.39 Å². The molecule has 0 aliphatic heterocycles. The largest absolute Gasteiger partial charge is 0.325 e. The Kier molecular flexibility index (Phi) is 4.38. The smallest absolute Gasteiger partial charge is 0.123 e. The minimum atomic E-state index is -0.344. The average Bonchev–Trinajstić information content (AvgIpc) is 2.75. The topological polar surface area (TPSA) is 26.0 Å². The van der Waals surface area contributed by atoms with Gasteiger partial charge in [-0.2, -0.15) is 0 Å². The molecule has 0 saturated heterocycles. The lowest BCUT2D eigenvalue weighted by Gasteiger charge is -2.24. The average molecular weight is 277 g/mol. The van der Waals surface area contributed by atoms with Gasteiger partial charge in [-0.15, -0.1) is 11.3 Å². The number of halogens is 1. The highest BCUT2D eigenvalue weighted by Crippen LogP contribution is 2.23. The van der Waals surface area contributed by atoms with Gasteiger partial charge < -0.3 is 5.73 Å². The van der Waals surface area contributed by atoms with Gasteiger partial charge in [-0.05, 0) is 56.0 Å².